The van der Waals surface area contributed by atoms with Crippen LogP contribution in [0.4, 0.5) is 0 Å². The Morgan fingerprint density at radius 3 is 2.67 bits per heavy atom. The molecule has 7 nitrogen and oxygen atoms in total. The zero-order valence-electron chi connectivity index (χ0n) is 9.97. The van der Waals surface area contributed by atoms with Crippen LogP contribution in [0.25, 0.3) is 0 Å². The van der Waals surface area contributed by atoms with Crippen LogP contribution in [0.2, 0.25) is 0 Å². The summed E-state index contributed by atoms with van der Waals surface area (Å²) in [7, 11) is 1.81. The van der Waals surface area contributed by atoms with Gasteiger partial charge in [-0.15, -0.1) is 0 Å². The Bertz CT molecular complexity index is 457. The fourth-order valence-electron chi connectivity index (χ4n) is 1.28. The third kappa shape index (κ3) is 4.50. The van der Waals surface area contributed by atoms with Crippen LogP contribution in [0, 0.1) is 0 Å². The minimum Gasteiger partial charge on any atom is -0.392 e. The molecule has 4 N–H and O–H groups in total. The number of carbonyl (C=O) groups excluding carboxylic acids is 2. The highest BCUT2D eigenvalue weighted by Crippen LogP contribution is 1.95. The van der Waals surface area contributed by atoms with E-state index in [1.807, 2.05) is 13.1 Å². The number of nitrogens with two attached hydrogens (primary N) is 1. The van der Waals surface area contributed by atoms with E-state index < -0.39 is 11.8 Å². The smallest absolute Gasteiger partial charge is 0.309 e. The molecule has 0 fully saturated rings. The Morgan fingerprint density at radius 2 is 2.11 bits per heavy atom. The summed E-state index contributed by atoms with van der Waals surface area (Å²) in [6.07, 6.45) is 2.27. The van der Waals surface area contributed by atoms with Crippen LogP contribution in [0.15, 0.2) is 12.3 Å². The van der Waals surface area contributed by atoms with Gasteiger partial charge in [-0.25, -0.2) is 0 Å². The number of aromatic nitrogens is 2. The van der Waals surface area contributed by atoms with Crippen molar-refractivity contribution in [3.8, 4) is 0 Å². The van der Waals surface area contributed by atoms with E-state index in [4.69, 9.17) is 5.73 Å². The molecule has 0 saturated carbocycles. The van der Waals surface area contributed by atoms with Crippen molar-refractivity contribution in [3.05, 3.63) is 18.0 Å². The quantitative estimate of drug-likeness (QED) is 0.445. The van der Waals surface area contributed by atoms with Crippen LogP contribution in [-0.2, 0) is 23.1 Å². The predicted molar refractivity (Wildman–Crippen MR) is 69.7 cm³/mol. The van der Waals surface area contributed by atoms with Gasteiger partial charge < -0.3 is 16.4 Å². The van der Waals surface area contributed by atoms with Crippen LogP contribution in [0.5, 0.6) is 0 Å². The van der Waals surface area contributed by atoms with Gasteiger partial charge in [0.05, 0.1) is 11.5 Å². The maximum absolute atomic E-state index is 11.3. The lowest BCUT2D eigenvalue weighted by Crippen LogP contribution is -2.43. The molecule has 0 bridgehead atoms. The van der Waals surface area contributed by atoms with Crippen molar-refractivity contribution >= 4 is 29.0 Å². The second kappa shape index (κ2) is 6.70. The van der Waals surface area contributed by atoms with Crippen molar-refractivity contribution in [2.24, 2.45) is 12.8 Å². The minimum absolute atomic E-state index is 0.0172. The lowest BCUT2D eigenvalue weighted by Gasteiger charge is -2.06. The zero-order valence-corrected chi connectivity index (χ0v) is 10.8. The fourth-order valence-corrected chi connectivity index (χ4v) is 1.35. The average Bonchev–Trinajstić information content (AvgIpc) is 2.72. The molecule has 1 aromatic rings. The van der Waals surface area contributed by atoms with Crippen molar-refractivity contribution in [2.45, 2.75) is 6.42 Å². The second-order valence-corrected chi connectivity index (χ2v) is 4.13. The first kappa shape index (κ1) is 14.1. The second-order valence-electron chi connectivity index (χ2n) is 3.60. The van der Waals surface area contributed by atoms with Crippen LogP contribution < -0.4 is 16.4 Å². The molecule has 0 atom stereocenters. The number of rotatable bonds is 5. The Hall–Kier alpha value is -1.96. The van der Waals surface area contributed by atoms with Gasteiger partial charge in [0, 0.05) is 31.9 Å². The van der Waals surface area contributed by atoms with E-state index in [0.29, 0.717) is 13.0 Å². The molecule has 0 aliphatic carbocycles. The maximum atomic E-state index is 11.3. The molecule has 1 heterocycles. The van der Waals surface area contributed by atoms with Crippen molar-refractivity contribution in [1.82, 2.24) is 20.4 Å². The number of thiocarbonyl (C=S) groups is 1. The van der Waals surface area contributed by atoms with E-state index in [1.54, 1.807) is 10.9 Å². The van der Waals surface area contributed by atoms with E-state index in [2.05, 4.69) is 28.0 Å². The van der Waals surface area contributed by atoms with Gasteiger partial charge in [0.1, 0.15) is 0 Å². The van der Waals surface area contributed by atoms with E-state index in [9.17, 15) is 9.59 Å². The standard InChI is InChI=1S/C10H15N5O2S/c1-15-7(3-5-14-15)2-4-12-9(16)10(17)13-6-8(11)18/h3,5H,2,4,6H2,1H3,(H2,11,18)(H,12,16)(H,13,17). The van der Waals surface area contributed by atoms with Crippen LogP contribution in [0.1, 0.15) is 5.69 Å². The Kier molecular flexibility index (Phi) is 5.25. The molecule has 1 rings (SSSR count). The van der Waals surface area contributed by atoms with E-state index in [1.165, 1.54) is 0 Å². The zero-order chi connectivity index (χ0) is 13.5. The van der Waals surface area contributed by atoms with Gasteiger partial charge in [-0.1, -0.05) is 12.2 Å². The Morgan fingerprint density at radius 1 is 1.44 bits per heavy atom. The molecule has 0 aromatic carbocycles. The Labute approximate surface area is 110 Å². The SMILES string of the molecule is Cn1nccc1CCNC(=O)C(=O)NCC(N)=S. The first-order valence-corrected chi connectivity index (χ1v) is 5.72. The minimum atomic E-state index is -0.743. The maximum Gasteiger partial charge on any atom is 0.309 e. The highest BCUT2D eigenvalue weighted by atomic mass is 32.1. The van der Waals surface area contributed by atoms with E-state index in [0.717, 1.165) is 5.69 Å². The number of carbonyl (C=O) groups is 2. The van der Waals surface area contributed by atoms with Crippen molar-refractivity contribution in [2.75, 3.05) is 13.1 Å². The summed E-state index contributed by atoms with van der Waals surface area (Å²) in [6.45, 7) is 0.377. The molecular formula is C10H15N5O2S. The van der Waals surface area contributed by atoms with Gasteiger partial charge in [0.2, 0.25) is 0 Å². The third-order valence-electron chi connectivity index (χ3n) is 2.22. The van der Waals surface area contributed by atoms with Crippen LogP contribution in [0.3, 0.4) is 0 Å². The Balaban J connectivity index is 2.27. The van der Waals surface area contributed by atoms with Crippen LogP contribution >= 0.6 is 12.2 Å². The molecule has 18 heavy (non-hydrogen) atoms. The van der Waals surface area contributed by atoms with Crippen molar-refractivity contribution in [1.29, 1.82) is 0 Å². The number of aryl methyl sites for hydroxylation is 1. The van der Waals surface area contributed by atoms with Gasteiger partial charge in [-0.05, 0) is 6.07 Å². The lowest BCUT2D eigenvalue weighted by molar-refractivity contribution is -0.139. The highest BCUT2D eigenvalue weighted by Gasteiger charge is 2.12. The summed E-state index contributed by atoms with van der Waals surface area (Å²) >= 11 is 4.58. The van der Waals surface area contributed by atoms with Gasteiger partial charge in [-0.3, -0.25) is 14.3 Å². The van der Waals surface area contributed by atoms with Gasteiger partial charge in [0.15, 0.2) is 0 Å². The molecule has 0 aliphatic rings. The summed E-state index contributed by atoms with van der Waals surface area (Å²) < 4.78 is 1.71. The fraction of sp³-hybridized carbons (Fsp3) is 0.400. The summed E-state index contributed by atoms with van der Waals surface area (Å²) in [5.74, 6) is -1.44. The molecule has 8 heteroatoms. The first-order chi connectivity index (χ1) is 8.50. The highest BCUT2D eigenvalue weighted by molar-refractivity contribution is 7.80. The molecule has 0 aliphatic heterocycles. The number of nitrogens with zero attached hydrogens (tertiary/aromatic N) is 2. The summed E-state index contributed by atoms with van der Waals surface area (Å²) in [5, 5.41) is 8.79. The van der Waals surface area contributed by atoms with Gasteiger partial charge in [-0.2, -0.15) is 5.10 Å². The molecule has 0 spiro atoms. The third-order valence-corrected chi connectivity index (χ3v) is 2.36. The van der Waals surface area contributed by atoms with E-state index in [-0.39, 0.29) is 11.5 Å². The number of hydrogen-bond donors (Lipinski definition) is 3. The van der Waals surface area contributed by atoms with Gasteiger partial charge >= 0.3 is 11.8 Å². The number of amides is 2. The molecule has 98 valence electrons. The molecule has 0 radical (unpaired) electrons. The predicted octanol–water partition coefficient (Wildman–Crippen LogP) is -1.52. The lowest BCUT2D eigenvalue weighted by atomic mass is 10.3. The number of hydrogen-bond acceptors (Lipinski definition) is 4. The first-order valence-electron chi connectivity index (χ1n) is 5.32. The summed E-state index contributed by atoms with van der Waals surface area (Å²) in [5.41, 5.74) is 6.17. The number of nitrogens with one attached hydrogen (secondary N) is 2. The molecular weight excluding hydrogens is 254 g/mol. The monoisotopic (exact) mass is 269 g/mol. The largest absolute Gasteiger partial charge is 0.392 e. The normalized spacial score (nSPS) is 9.83. The topological polar surface area (TPSA) is 102 Å². The molecule has 0 saturated heterocycles. The molecule has 0 unspecified atom stereocenters. The summed E-state index contributed by atoms with van der Waals surface area (Å²) in [6, 6.07) is 1.85. The average molecular weight is 269 g/mol. The van der Waals surface area contributed by atoms with Crippen molar-refractivity contribution < 1.29 is 9.59 Å². The molecule has 2 amide bonds. The van der Waals surface area contributed by atoms with E-state index >= 15 is 0 Å². The van der Waals surface area contributed by atoms with Crippen molar-refractivity contribution in [3.63, 3.8) is 0 Å². The summed E-state index contributed by atoms with van der Waals surface area (Å²) in [4.78, 5) is 22.7. The molecule has 1 aromatic heterocycles. The van der Waals surface area contributed by atoms with Gasteiger partial charge in [0.25, 0.3) is 0 Å². The van der Waals surface area contributed by atoms with Crippen LogP contribution in [-0.4, -0.2) is 39.7 Å².